The topological polar surface area (TPSA) is 0 Å². The van der Waals surface area contributed by atoms with Crippen LogP contribution in [0.3, 0.4) is 0 Å². The second kappa shape index (κ2) is 6.93. The van der Waals surface area contributed by atoms with E-state index in [-0.39, 0.29) is 0 Å². The Morgan fingerprint density at radius 3 is 2.38 bits per heavy atom. The summed E-state index contributed by atoms with van der Waals surface area (Å²) in [6, 6.07) is 0. The van der Waals surface area contributed by atoms with Gasteiger partial charge in [-0.15, -0.1) is 0 Å². The molecule has 16 heavy (non-hydrogen) atoms. The van der Waals surface area contributed by atoms with Gasteiger partial charge in [0, 0.05) is 0 Å². The van der Waals surface area contributed by atoms with Gasteiger partial charge in [0.2, 0.25) is 0 Å². The van der Waals surface area contributed by atoms with Crippen molar-refractivity contribution in [2.45, 2.75) is 72.1 Å². The third kappa shape index (κ3) is 4.55. The van der Waals surface area contributed by atoms with Gasteiger partial charge in [0.05, 0.1) is 0 Å². The summed E-state index contributed by atoms with van der Waals surface area (Å²) in [5.41, 5.74) is 1.96. The standard InChI is InChI=1S/C16H28/c1-4-5-6-7-8-11-14-16(2,3)15-12-9-10-13-15/h9,12-13H,4-8,10-11,14H2,1-3H3. The Balaban J connectivity index is 2.14. The number of unbranched alkanes of at least 4 members (excludes halogenated alkanes) is 5. The molecule has 1 rings (SSSR count). The van der Waals surface area contributed by atoms with Crippen LogP contribution in [-0.2, 0) is 0 Å². The van der Waals surface area contributed by atoms with Crippen LogP contribution in [0.1, 0.15) is 72.1 Å². The largest absolute Gasteiger partial charge is 0.0804 e. The van der Waals surface area contributed by atoms with Gasteiger partial charge >= 0.3 is 0 Å². The predicted octanol–water partition coefficient (Wildman–Crippen LogP) is 5.65. The van der Waals surface area contributed by atoms with E-state index < -0.39 is 0 Å². The van der Waals surface area contributed by atoms with Crippen molar-refractivity contribution in [3.63, 3.8) is 0 Å². The Bertz CT molecular complexity index is 243. The Morgan fingerprint density at radius 2 is 1.75 bits per heavy atom. The maximum absolute atomic E-state index is 2.39. The van der Waals surface area contributed by atoms with Crippen molar-refractivity contribution < 1.29 is 0 Å². The lowest BCUT2D eigenvalue weighted by atomic mass is 9.80. The molecule has 0 aliphatic heterocycles. The number of allylic oxidation sites excluding steroid dienone is 4. The zero-order valence-corrected chi connectivity index (χ0v) is 11.4. The van der Waals surface area contributed by atoms with Crippen LogP contribution < -0.4 is 0 Å². The molecule has 0 aromatic carbocycles. The molecule has 0 heterocycles. The normalized spacial score (nSPS) is 15.6. The van der Waals surface area contributed by atoms with Crippen LogP contribution in [0.4, 0.5) is 0 Å². The van der Waals surface area contributed by atoms with Crippen molar-refractivity contribution in [3.8, 4) is 0 Å². The summed E-state index contributed by atoms with van der Waals surface area (Å²) >= 11 is 0. The average Bonchev–Trinajstić information content (AvgIpc) is 2.77. The number of rotatable bonds is 8. The van der Waals surface area contributed by atoms with Crippen LogP contribution in [0.25, 0.3) is 0 Å². The summed E-state index contributed by atoms with van der Waals surface area (Å²) in [6.45, 7) is 7.06. The van der Waals surface area contributed by atoms with Gasteiger partial charge in [-0.1, -0.05) is 77.5 Å². The molecule has 0 bridgehead atoms. The fourth-order valence-corrected chi connectivity index (χ4v) is 2.45. The van der Waals surface area contributed by atoms with Gasteiger partial charge in [0.1, 0.15) is 0 Å². The van der Waals surface area contributed by atoms with E-state index in [4.69, 9.17) is 0 Å². The van der Waals surface area contributed by atoms with Gasteiger partial charge in [-0.3, -0.25) is 0 Å². The minimum absolute atomic E-state index is 0.401. The summed E-state index contributed by atoms with van der Waals surface area (Å²) in [4.78, 5) is 0. The fourth-order valence-electron chi connectivity index (χ4n) is 2.45. The summed E-state index contributed by atoms with van der Waals surface area (Å²) in [7, 11) is 0. The monoisotopic (exact) mass is 220 g/mol. The van der Waals surface area contributed by atoms with Gasteiger partial charge in [-0.25, -0.2) is 0 Å². The van der Waals surface area contributed by atoms with Crippen molar-refractivity contribution in [1.82, 2.24) is 0 Å². The van der Waals surface area contributed by atoms with E-state index in [2.05, 4.69) is 39.0 Å². The molecule has 1 aliphatic rings. The zero-order chi connectivity index (χ0) is 11.9. The van der Waals surface area contributed by atoms with E-state index in [9.17, 15) is 0 Å². The van der Waals surface area contributed by atoms with Crippen molar-refractivity contribution in [1.29, 1.82) is 0 Å². The third-order valence-electron chi connectivity index (χ3n) is 3.71. The van der Waals surface area contributed by atoms with Crippen molar-refractivity contribution >= 4 is 0 Å². The first kappa shape index (κ1) is 13.5. The molecular weight excluding hydrogens is 192 g/mol. The zero-order valence-electron chi connectivity index (χ0n) is 11.4. The molecule has 0 saturated carbocycles. The van der Waals surface area contributed by atoms with Gasteiger partial charge in [0.25, 0.3) is 0 Å². The molecule has 0 aromatic rings. The smallest absolute Gasteiger partial charge is 0.0107 e. The Labute approximate surface area is 102 Å². The van der Waals surface area contributed by atoms with Gasteiger partial charge in [-0.05, 0) is 23.8 Å². The lowest BCUT2D eigenvalue weighted by Crippen LogP contribution is -2.12. The van der Waals surface area contributed by atoms with Crippen LogP contribution in [0.5, 0.6) is 0 Å². The lowest BCUT2D eigenvalue weighted by Gasteiger charge is -2.25. The van der Waals surface area contributed by atoms with Crippen molar-refractivity contribution in [3.05, 3.63) is 23.8 Å². The second-order valence-corrected chi connectivity index (χ2v) is 5.70. The van der Waals surface area contributed by atoms with Crippen LogP contribution in [0.2, 0.25) is 0 Å². The van der Waals surface area contributed by atoms with E-state index in [1.54, 1.807) is 5.57 Å². The molecule has 0 fully saturated rings. The van der Waals surface area contributed by atoms with Crippen LogP contribution >= 0.6 is 0 Å². The molecule has 0 heteroatoms. The highest BCUT2D eigenvalue weighted by Gasteiger charge is 2.21. The SMILES string of the molecule is CCCCCCCCC(C)(C)C1=CCC=C1. The van der Waals surface area contributed by atoms with Crippen LogP contribution in [0, 0.1) is 5.41 Å². The van der Waals surface area contributed by atoms with Gasteiger partial charge < -0.3 is 0 Å². The second-order valence-electron chi connectivity index (χ2n) is 5.70. The fraction of sp³-hybridized carbons (Fsp3) is 0.750. The van der Waals surface area contributed by atoms with Crippen LogP contribution in [-0.4, -0.2) is 0 Å². The molecule has 1 aliphatic carbocycles. The molecule has 0 saturated heterocycles. The molecule has 0 N–H and O–H groups in total. The van der Waals surface area contributed by atoms with Crippen molar-refractivity contribution in [2.75, 3.05) is 0 Å². The van der Waals surface area contributed by atoms with E-state index in [1.165, 1.54) is 44.9 Å². The molecule has 0 unspecified atom stereocenters. The van der Waals surface area contributed by atoms with Gasteiger partial charge in [-0.2, -0.15) is 0 Å². The lowest BCUT2D eigenvalue weighted by molar-refractivity contribution is 0.391. The minimum atomic E-state index is 0.401. The summed E-state index contributed by atoms with van der Waals surface area (Å²) in [5, 5.41) is 0. The predicted molar refractivity (Wildman–Crippen MR) is 73.6 cm³/mol. The van der Waals surface area contributed by atoms with E-state index in [1.807, 2.05) is 0 Å². The molecule has 0 aromatic heterocycles. The average molecular weight is 220 g/mol. The molecule has 0 atom stereocenters. The summed E-state index contributed by atoms with van der Waals surface area (Å²) in [5.74, 6) is 0. The third-order valence-corrected chi connectivity index (χ3v) is 3.71. The van der Waals surface area contributed by atoms with Crippen molar-refractivity contribution in [2.24, 2.45) is 5.41 Å². The Morgan fingerprint density at radius 1 is 1.06 bits per heavy atom. The molecule has 0 nitrogen and oxygen atoms in total. The summed E-state index contributed by atoms with van der Waals surface area (Å²) in [6.07, 6.45) is 17.9. The van der Waals surface area contributed by atoms with Gasteiger partial charge in [0.15, 0.2) is 0 Å². The minimum Gasteiger partial charge on any atom is -0.0804 e. The molecule has 92 valence electrons. The Kier molecular flexibility index (Phi) is 5.87. The highest BCUT2D eigenvalue weighted by atomic mass is 14.3. The molecule has 0 amide bonds. The Hall–Kier alpha value is -0.520. The highest BCUT2D eigenvalue weighted by molar-refractivity contribution is 5.31. The maximum Gasteiger partial charge on any atom is -0.0107 e. The quantitative estimate of drug-likeness (QED) is 0.464. The van der Waals surface area contributed by atoms with E-state index >= 15 is 0 Å². The first-order valence-electron chi connectivity index (χ1n) is 7.04. The number of hydrogen-bond acceptors (Lipinski definition) is 0. The van der Waals surface area contributed by atoms with E-state index in [0.717, 1.165) is 6.42 Å². The molecule has 0 spiro atoms. The number of hydrogen-bond donors (Lipinski definition) is 0. The maximum atomic E-state index is 2.39. The molecule has 0 radical (unpaired) electrons. The van der Waals surface area contributed by atoms with Crippen LogP contribution in [0.15, 0.2) is 23.8 Å². The summed E-state index contributed by atoms with van der Waals surface area (Å²) < 4.78 is 0. The van der Waals surface area contributed by atoms with E-state index in [0.29, 0.717) is 5.41 Å². The first-order chi connectivity index (χ1) is 7.67. The molecular formula is C16H28. The highest BCUT2D eigenvalue weighted by Crippen LogP contribution is 2.35. The first-order valence-corrected chi connectivity index (χ1v) is 7.04.